The number of ether oxygens (including phenoxy) is 1. The zero-order valence-corrected chi connectivity index (χ0v) is 12.1. The Labute approximate surface area is 114 Å². The molecule has 2 rings (SSSR count). The van der Waals surface area contributed by atoms with Crippen molar-refractivity contribution in [2.24, 2.45) is 0 Å². The van der Waals surface area contributed by atoms with Crippen molar-refractivity contribution in [3.63, 3.8) is 0 Å². The minimum Gasteiger partial charge on any atom is -0.378 e. The van der Waals surface area contributed by atoms with Crippen molar-refractivity contribution < 1.29 is 13.2 Å². The minimum absolute atomic E-state index is 0.0371. The maximum absolute atomic E-state index is 12.2. The van der Waals surface area contributed by atoms with Gasteiger partial charge in [-0.15, -0.1) is 0 Å². The Bertz CT molecular complexity index is 537. The molecule has 1 aliphatic rings. The van der Waals surface area contributed by atoms with Gasteiger partial charge in [-0.05, 0) is 37.1 Å². The normalized spacial score (nSPS) is 20.4. The summed E-state index contributed by atoms with van der Waals surface area (Å²) in [5.41, 5.74) is 2.06. The summed E-state index contributed by atoms with van der Waals surface area (Å²) in [6, 6.07) is 5.19. The Morgan fingerprint density at radius 2 is 2.16 bits per heavy atom. The molecule has 2 N–H and O–H groups in total. The van der Waals surface area contributed by atoms with E-state index in [1.165, 1.54) is 0 Å². The Kier molecular flexibility index (Phi) is 4.57. The quantitative estimate of drug-likeness (QED) is 0.848. The van der Waals surface area contributed by atoms with Crippen molar-refractivity contribution in [2.45, 2.75) is 24.8 Å². The molecule has 5 nitrogen and oxygen atoms in total. The number of sulfonamides is 1. The fraction of sp³-hybridized carbons (Fsp3) is 0.538. The van der Waals surface area contributed by atoms with Gasteiger partial charge in [-0.25, -0.2) is 13.1 Å². The largest absolute Gasteiger partial charge is 0.378 e. The lowest BCUT2D eigenvalue weighted by molar-refractivity contribution is 0.0784. The predicted octanol–water partition coefficient (Wildman–Crippen LogP) is 0.570. The second-order valence-corrected chi connectivity index (χ2v) is 6.59. The van der Waals surface area contributed by atoms with Gasteiger partial charge in [-0.3, -0.25) is 0 Å². The van der Waals surface area contributed by atoms with Crippen LogP contribution in [0, 0.1) is 13.8 Å². The van der Waals surface area contributed by atoms with Gasteiger partial charge in [0.25, 0.3) is 0 Å². The Morgan fingerprint density at radius 1 is 1.37 bits per heavy atom. The fourth-order valence-corrected chi connectivity index (χ4v) is 3.09. The van der Waals surface area contributed by atoms with Gasteiger partial charge in [-0.1, -0.05) is 6.07 Å². The molecule has 1 atom stereocenters. The van der Waals surface area contributed by atoms with Crippen LogP contribution in [0.3, 0.4) is 0 Å². The number of benzene rings is 1. The summed E-state index contributed by atoms with van der Waals surface area (Å²) in [4.78, 5) is 0.312. The molecular weight excluding hydrogens is 264 g/mol. The molecule has 0 spiro atoms. The maximum Gasteiger partial charge on any atom is 0.240 e. The summed E-state index contributed by atoms with van der Waals surface area (Å²) in [5, 5.41) is 3.21. The van der Waals surface area contributed by atoms with E-state index in [-0.39, 0.29) is 6.04 Å². The predicted molar refractivity (Wildman–Crippen MR) is 73.7 cm³/mol. The first-order valence-electron chi connectivity index (χ1n) is 6.37. The Morgan fingerprint density at radius 3 is 2.79 bits per heavy atom. The Balaban J connectivity index is 2.02. The van der Waals surface area contributed by atoms with Gasteiger partial charge in [0, 0.05) is 19.1 Å². The van der Waals surface area contributed by atoms with E-state index >= 15 is 0 Å². The summed E-state index contributed by atoms with van der Waals surface area (Å²) >= 11 is 0. The lowest BCUT2D eigenvalue weighted by Crippen LogP contribution is -2.48. The van der Waals surface area contributed by atoms with Crippen molar-refractivity contribution >= 4 is 10.0 Å². The van der Waals surface area contributed by atoms with Gasteiger partial charge in [0.1, 0.15) is 0 Å². The molecule has 0 saturated carbocycles. The van der Waals surface area contributed by atoms with Crippen LogP contribution in [0.5, 0.6) is 0 Å². The van der Waals surface area contributed by atoms with E-state index in [0.717, 1.165) is 17.7 Å². The molecule has 0 aliphatic carbocycles. The first-order valence-corrected chi connectivity index (χ1v) is 7.85. The van der Waals surface area contributed by atoms with Crippen LogP contribution in [0.15, 0.2) is 23.1 Å². The third-order valence-electron chi connectivity index (χ3n) is 3.31. The smallest absolute Gasteiger partial charge is 0.240 e. The van der Waals surface area contributed by atoms with Gasteiger partial charge >= 0.3 is 0 Å². The van der Waals surface area contributed by atoms with Crippen LogP contribution in [0.1, 0.15) is 11.1 Å². The molecule has 0 bridgehead atoms. The molecule has 0 amide bonds. The third-order valence-corrected chi connectivity index (χ3v) is 4.73. The zero-order valence-electron chi connectivity index (χ0n) is 11.3. The third kappa shape index (κ3) is 3.76. The molecule has 0 aromatic heterocycles. The van der Waals surface area contributed by atoms with E-state index in [1.54, 1.807) is 12.1 Å². The van der Waals surface area contributed by atoms with E-state index < -0.39 is 10.0 Å². The van der Waals surface area contributed by atoms with E-state index in [2.05, 4.69) is 10.0 Å². The molecule has 1 saturated heterocycles. The second kappa shape index (κ2) is 6.00. The van der Waals surface area contributed by atoms with Crippen molar-refractivity contribution in [2.75, 3.05) is 26.3 Å². The number of morpholine rings is 1. The summed E-state index contributed by atoms with van der Waals surface area (Å²) in [6.07, 6.45) is 0. The molecule has 19 heavy (non-hydrogen) atoms. The molecule has 1 heterocycles. The van der Waals surface area contributed by atoms with E-state index in [0.29, 0.717) is 24.7 Å². The fourth-order valence-electron chi connectivity index (χ4n) is 1.93. The molecule has 1 aromatic rings. The van der Waals surface area contributed by atoms with Crippen LogP contribution in [-0.2, 0) is 14.8 Å². The highest BCUT2D eigenvalue weighted by molar-refractivity contribution is 7.89. The summed E-state index contributed by atoms with van der Waals surface area (Å²) in [5.74, 6) is 0. The van der Waals surface area contributed by atoms with Crippen LogP contribution < -0.4 is 10.0 Å². The van der Waals surface area contributed by atoms with Crippen LogP contribution in [0.2, 0.25) is 0 Å². The highest BCUT2D eigenvalue weighted by Crippen LogP contribution is 2.14. The van der Waals surface area contributed by atoms with Crippen molar-refractivity contribution in [3.05, 3.63) is 29.3 Å². The highest BCUT2D eigenvalue weighted by Gasteiger charge is 2.18. The monoisotopic (exact) mass is 284 g/mol. The Hall–Kier alpha value is -0.950. The average Bonchev–Trinajstić information content (AvgIpc) is 2.41. The lowest BCUT2D eigenvalue weighted by atomic mass is 10.1. The van der Waals surface area contributed by atoms with Crippen molar-refractivity contribution in [1.29, 1.82) is 0 Å². The summed E-state index contributed by atoms with van der Waals surface area (Å²) in [7, 11) is -3.44. The standard InChI is InChI=1S/C13H20N2O3S/c1-10-3-4-13(7-11(10)2)19(16,17)15-8-12-9-18-6-5-14-12/h3-4,7,12,14-15H,5-6,8-9H2,1-2H3. The number of hydrogen-bond donors (Lipinski definition) is 2. The molecule has 0 radical (unpaired) electrons. The second-order valence-electron chi connectivity index (χ2n) is 4.82. The molecule has 1 aromatic carbocycles. The van der Waals surface area contributed by atoms with Gasteiger partial charge < -0.3 is 10.1 Å². The lowest BCUT2D eigenvalue weighted by Gasteiger charge is -2.23. The van der Waals surface area contributed by atoms with E-state index in [4.69, 9.17) is 4.74 Å². The van der Waals surface area contributed by atoms with Crippen LogP contribution in [0.4, 0.5) is 0 Å². The highest BCUT2D eigenvalue weighted by atomic mass is 32.2. The molecule has 6 heteroatoms. The zero-order chi connectivity index (χ0) is 13.9. The van der Waals surface area contributed by atoms with Crippen LogP contribution in [0.25, 0.3) is 0 Å². The van der Waals surface area contributed by atoms with Crippen LogP contribution in [-0.4, -0.2) is 40.8 Å². The van der Waals surface area contributed by atoms with Gasteiger partial charge in [-0.2, -0.15) is 0 Å². The van der Waals surface area contributed by atoms with Crippen molar-refractivity contribution in [1.82, 2.24) is 10.0 Å². The number of rotatable bonds is 4. The van der Waals surface area contributed by atoms with Gasteiger partial charge in [0.15, 0.2) is 0 Å². The van der Waals surface area contributed by atoms with Crippen molar-refractivity contribution in [3.8, 4) is 0 Å². The molecule has 1 unspecified atom stereocenters. The number of nitrogens with one attached hydrogen (secondary N) is 2. The molecule has 1 fully saturated rings. The van der Waals surface area contributed by atoms with Gasteiger partial charge in [0.2, 0.25) is 10.0 Å². The van der Waals surface area contributed by atoms with E-state index in [1.807, 2.05) is 19.9 Å². The number of hydrogen-bond acceptors (Lipinski definition) is 4. The summed E-state index contributed by atoms with van der Waals surface area (Å²) in [6.45, 7) is 6.19. The first kappa shape index (κ1) is 14.5. The molecular formula is C13H20N2O3S. The topological polar surface area (TPSA) is 67.4 Å². The average molecular weight is 284 g/mol. The van der Waals surface area contributed by atoms with E-state index in [9.17, 15) is 8.42 Å². The molecule has 1 aliphatic heterocycles. The first-order chi connectivity index (χ1) is 8.99. The van der Waals surface area contributed by atoms with Crippen LogP contribution >= 0.6 is 0 Å². The minimum atomic E-state index is -3.44. The number of aryl methyl sites for hydroxylation is 2. The van der Waals surface area contributed by atoms with Gasteiger partial charge in [0.05, 0.1) is 18.1 Å². The SMILES string of the molecule is Cc1ccc(S(=O)(=O)NCC2COCCN2)cc1C. The maximum atomic E-state index is 12.2. The molecule has 106 valence electrons. The summed E-state index contributed by atoms with van der Waals surface area (Å²) < 4.78 is 32.2.